The van der Waals surface area contributed by atoms with Gasteiger partial charge in [0.2, 0.25) is 5.76 Å². The van der Waals surface area contributed by atoms with E-state index in [2.05, 4.69) is 25.3 Å². The lowest BCUT2D eigenvalue weighted by atomic mass is 10.1. The number of nitrogens with zero attached hydrogens (tertiary/aromatic N) is 4. The molecule has 0 saturated carbocycles. The summed E-state index contributed by atoms with van der Waals surface area (Å²) >= 11 is 0. The highest BCUT2D eigenvalue weighted by atomic mass is 16.5. The van der Waals surface area contributed by atoms with Crippen molar-refractivity contribution in [2.75, 3.05) is 0 Å². The van der Waals surface area contributed by atoms with Crippen molar-refractivity contribution >= 4 is 0 Å². The van der Waals surface area contributed by atoms with Gasteiger partial charge in [-0.05, 0) is 6.92 Å². The van der Waals surface area contributed by atoms with E-state index in [4.69, 9.17) is 4.52 Å². The highest BCUT2D eigenvalue weighted by molar-refractivity contribution is 5.63. The molecular weight excluding hydrogens is 308 g/mol. The van der Waals surface area contributed by atoms with Crippen molar-refractivity contribution in [3.63, 3.8) is 0 Å². The fraction of sp³-hybridized carbons (Fsp3) is 0.125. The average molecular weight is 322 g/mol. The minimum atomic E-state index is -0.343. The summed E-state index contributed by atoms with van der Waals surface area (Å²) in [5.41, 5.74) is 1.36. The van der Waals surface area contributed by atoms with E-state index in [0.717, 1.165) is 11.3 Å². The van der Waals surface area contributed by atoms with Gasteiger partial charge in [0, 0.05) is 24.0 Å². The molecule has 1 atom stereocenters. The summed E-state index contributed by atoms with van der Waals surface area (Å²) in [4.78, 5) is 18.3. The highest BCUT2D eigenvalue weighted by Crippen LogP contribution is 2.27. The predicted molar refractivity (Wildman–Crippen MR) is 86.2 cm³/mol. The third-order valence-corrected chi connectivity index (χ3v) is 3.80. The lowest BCUT2D eigenvalue weighted by Gasteiger charge is -2.11. The molecule has 1 aromatic carbocycles. The summed E-state index contributed by atoms with van der Waals surface area (Å²) in [5, 5.41) is 10.4. The summed E-state index contributed by atoms with van der Waals surface area (Å²) in [5.74, 6) is 1.67. The first-order chi connectivity index (χ1) is 11.7. The number of aromatic nitrogens is 6. The maximum Gasteiger partial charge on any atom is 0.340 e. The lowest BCUT2D eigenvalue weighted by molar-refractivity contribution is 0.428. The third-order valence-electron chi connectivity index (χ3n) is 3.80. The lowest BCUT2D eigenvalue weighted by Crippen LogP contribution is -2.10. The zero-order chi connectivity index (χ0) is 16.5. The number of aromatic amines is 2. The van der Waals surface area contributed by atoms with Crippen LogP contribution in [-0.4, -0.2) is 29.9 Å². The van der Waals surface area contributed by atoms with Gasteiger partial charge in [0.15, 0.2) is 11.6 Å². The molecule has 4 aromatic rings. The molecule has 0 fully saturated rings. The number of rotatable bonds is 4. The number of imidazole rings is 1. The Morgan fingerprint density at radius 2 is 2.08 bits per heavy atom. The van der Waals surface area contributed by atoms with Crippen LogP contribution >= 0.6 is 0 Å². The maximum atomic E-state index is 11.3. The molecule has 4 rings (SSSR count). The number of nitrogens with one attached hydrogen (secondary N) is 2. The zero-order valence-electron chi connectivity index (χ0n) is 12.8. The molecule has 0 aliphatic heterocycles. The Bertz CT molecular complexity index is 1010. The summed E-state index contributed by atoms with van der Waals surface area (Å²) in [6.45, 7) is 1.91. The molecule has 120 valence electrons. The van der Waals surface area contributed by atoms with Crippen LogP contribution in [0.1, 0.15) is 18.8 Å². The largest absolute Gasteiger partial charge is 0.352 e. The van der Waals surface area contributed by atoms with Gasteiger partial charge < -0.3 is 9.09 Å². The van der Waals surface area contributed by atoms with Gasteiger partial charge in [0.1, 0.15) is 5.69 Å². The SMILES string of the molecule is CC(c1n[nH]c(=O)[nH]1)n1ccnc1-c1cc(-c2ccccc2)no1. The van der Waals surface area contributed by atoms with Gasteiger partial charge in [0.25, 0.3) is 0 Å². The van der Waals surface area contributed by atoms with Crippen LogP contribution in [0.3, 0.4) is 0 Å². The monoisotopic (exact) mass is 322 g/mol. The second-order valence-corrected chi connectivity index (χ2v) is 5.34. The molecule has 24 heavy (non-hydrogen) atoms. The normalized spacial score (nSPS) is 12.4. The molecule has 1 unspecified atom stereocenters. The van der Waals surface area contributed by atoms with Crippen LogP contribution in [0.25, 0.3) is 22.8 Å². The van der Waals surface area contributed by atoms with Crippen LogP contribution in [-0.2, 0) is 0 Å². The van der Waals surface area contributed by atoms with Gasteiger partial charge in [-0.2, -0.15) is 5.10 Å². The van der Waals surface area contributed by atoms with Gasteiger partial charge >= 0.3 is 5.69 Å². The van der Waals surface area contributed by atoms with Crippen molar-refractivity contribution in [3.8, 4) is 22.8 Å². The van der Waals surface area contributed by atoms with Crippen LogP contribution in [0.2, 0.25) is 0 Å². The number of H-pyrrole nitrogens is 2. The van der Waals surface area contributed by atoms with Gasteiger partial charge in [-0.25, -0.2) is 14.9 Å². The average Bonchev–Trinajstić information content (AvgIpc) is 3.34. The maximum absolute atomic E-state index is 11.3. The molecule has 0 spiro atoms. The topological polar surface area (TPSA) is 105 Å². The van der Waals surface area contributed by atoms with Crippen LogP contribution < -0.4 is 5.69 Å². The van der Waals surface area contributed by atoms with E-state index in [1.54, 1.807) is 12.4 Å². The van der Waals surface area contributed by atoms with E-state index in [0.29, 0.717) is 17.4 Å². The van der Waals surface area contributed by atoms with Gasteiger partial charge in [0.05, 0.1) is 6.04 Å². The first-order valence-electron chi connectivity index (χ1n) is 7.42. The van der Waals surface area contributed by atoms with E-state index in [9.17, 15) is 4.79 Å². The molecule has 8 heteroatoms. The Kier molecular flexibility index (Phi) is 3.34. The smallest absolute Gasteiger partial charge is 0.340 e. The van der Waals surface area contributed by atoms with Gasteiger partial charge in [-0.3, -0.25) is 4.98 Å². The standard InChI is InChI=1S/C16H14N6O2/c1-10(14-18-16(23)20-19-14)22-8-7-17-15(22)13-9-12(21-24-13)11-5-3-2-4-6-11/h2-10H,1H3,(H2,18,19,20,23). The Morgan fingerprint density at radius 1 is 1.25 bits per heavy atom. The molecular formula is C16H14N6O2. The summed E-state index contributed by atoms with van der Waals surface area (Å²) in [6, 6.07) is 11.4. The second-order valence-electron chi connectivity index (χ2n) is 5.34. The molecule has 8 nitrogen and oxygen atoms in total. The van der Waals surface area contributed by atoms with Crippen LogP contribution in [0, 0.1) is 0 Å². The zero-order valence-corrected chi connectivity index (χ0v) is 12.8. The molecule has 0 aliphatic carbocycles. The van der Waals surface area contributed by atoms with Crippen molar-refractivity contribution in [2.45, 2.75) is 13.0 Å². The Labute approximate surface area is 136 Å². The van der Waals surface area contributed by atoms with E-state index in [-0.39, 0.29) is 11.7 Å². The van der Waals surface area contributed by atoms with Crippen LogP contribution in [0.5, 0.6) is 0 Å². The minimum Gasteiger partial charge on any atom is -0.352 e. The first kappa shape index (κ1) is 14.2. The first-order valence-corrected chi connectivity index (χ1v) is 7.42. The van der Waals surface area contributed by atoms with Crippen molar-refractivity contribution in [1.82, 2.24) is 29.9 Å². The summed E-state index contributed by atoms with van der Waals surface area (Å²) < 4.78 is 7.32. The molecule has 0 radical (unpaired) electrons. The van der Waals surface area contributed by atoms with Crippen LogP contribution in [0.15, 0.2) is 58.1 Å². The fourth-order valence-corrected chi connectivity index (χ4v) is 2.55. The fourth-order valence-electron chi connectivity index (χ4n) is 2.55. The molecule has 3 heterocycles. The second kappa shape index (κ2) is 5.65. The van der Waals surface area contributed by atoms with Crippen LogP contribution in [0.4, 0.5) is 0 Å². The molecule has 0 bridgehead atoms. The molecule has 3 aromatic heterocycles. The number of hydrogen-bond acceptors (Lipinski definition) is 5. The quantitative estimate of drug-likeness (QED) is 0.599. The van der Waals surface area contributed by atoms with E-state index >= 15 is 0 Å². The van der Waals surface area contributed by atoms with Gasteiger partial charge in [-0.1, -0.05) is 35.5 Å². The Balaban J connectivity index is 1.70. The minimum absolute atomic E-state index is 0.216. The predicted octanol–water partition coefficient (Wildman–Crippen LogP) is 2.23. The van der Waals surface area contributed by atoms with Crippen molar-refractivity contribution in [2.24, 2.45) is 0 Å². The highest BCUT2D eigenvalue weighted by Gasteiger charge is 2.19. The molecule has 2 N–H and O–H groups in total. The Morgan fingerprint density at radius 3 is 2.83 bits per heavy atom. The van der Waals surface area contributed by atoms with Gasteiger partial charge in [-0.15, -0.1) is 0 Å². The van der Waals surface area contributed by atoms with Crippen molar-refractivity contribution in [1.29, 1.82) is 0 Å². The molecule has 0 aliphatic rings. The van der Waals surface area contributed by atoms with E-state index < -0.39 is 0 Å². The van der Waals surface area contributed by atoms with E-state index in [1.807, 2.05) is 47.9 Å². The Hall–Kier alpha value is -3.42. The van der Waals surface area contributed by atoms with Crippen molar-refractivity contribution < 1.29 is 4.52 Å². The summed E-state index contributed by atoms with van der Waals surface area (Å²) in [7, 11) is 0. The number of benzene rings is 1. The third kappa shape index (κ3) is 2.43. The summed E-state index contributed by atoms with van der Waals surface area (Å²) in [6.07, 6.45) is 3.47. The molecule has 0 saturated heterocycles. The molecule has 0 amide bonds. The van der Waals surface area contributed by atoms with Crippen molar-refractivity contribution in [3.05, 3.63) is 65.1 Å². The van der Waals surface area contributed by atoms with E-state index in [1.165, 1.54) is 0 Å². The number of hydrogen-bond donors (Lipinski definition) is 2.